The van der Waals surface area contributed by atoms with Crippen LogP contribution in [0.5, 0.6) is 0 Å². The summed E-state index contributed by atoms with van der Waals surface area (Å²) < 4.78 is 28.0. The largest absolute Gasteiger partial charge is 0.378 e. The van der Waals surface area contributed by atoms with Crippen molar-refractivity contribution in [3.8, 4) is 0 Å². The van der Waals surface area contributed by atoms with Crippen molar-refractivity contribution in [2.24, 2.45) is 5.92 Å². The number of aryl methyl sites for hydroxylation is 1. The Balaban J connectivity index is 1.53. The Kier molecular flexibility index (Phi) is 4.75. The molecule has 0 radical (unpaired) electrons. The third-order valence-electron chi connectivity index (χ3n) is 6.81. The summed E-state index contributed by atoms with van der Waals surface area (Å²) in [5.74, 6) is 0.670. The number of nitrogens with zero attached hydrogens (tertiary/aromatic N) is 1. The molecule has 29 heavy (non-hydrogen) atoms. The average molecular weight is 409 g/mol. The van der Waals surface area contributed by atoms with Gasteiger partial charge in [-0.05, 0) is 67.0 Å². The molecule has 0 spiro atoms. The first kappa shape index (κ1) is 18.9. The molecule has 5 rings (SSSR count). The summed E-state index contributed by atoms with van der Waals surface area (Å²) in [4.78, 5) is 0.438. The van der Waals surface area contributed by atoms with Crippen molar-refractivity contribution in [2.75, 3.05) is 18.4 Å². The van der Waals surface area contributed by atoms with Crippen LogP contribution in [0.2, 0.25) is 0 Å². The van der Waals surface area contributed by atoms with Crippen molar-refractivity contribution in [3.63, 3.8) is 0 Å². The highest BCUT2D eigenvalue weighted by molar-refractivity contribution is 7.89. The van der Waals surface area contributed by atoms with Gasteiger partial charge in [-0.3, -0.25) is 0 Å². The first-order valence-electron chi connectivity index (χ1n) is 10.7. The Bertz CT molecular complexity index is 1050. The summed E-state index contributed by atoms with van der Waals surface area (Å²) in [6.07, 6.45) is 8.57. The van der Waals surface area contributed by atoms with Gasteiger partial charge in [0.25, 0.3) is 0 Å². The molecule has 5 heteroatoms. The summed E-state index contributed by atoms with van der Waals surface area (Å²) in [6, 6.07) is 14.5. The van der Waals surface area contributed by atoms with E-state index in [4.69, 9.17) is 0 Å². The fourth-order valence-corrected chi connectivity index (χ4v) is 6.78. The SMILES string of the molecule is Cc1ccccc1C1Nc2ccc(S(=O)(=O)N3CCCCC3)cc2C2C=CCC21. The number of piperidine rings is 1. The van der Waals surface area contributed by atoms with Crippen molar-refractivity contribution in [1.29, 1.82) is 0 Å². The molecule has 2 aliphatic heterocycles. The molecule has 1 aliphatic carbocycles. The average Bonchev–Trinajstić information content (AvgIpc) is 3.24. The van der Waals surface area contributed by atoms with Gasteiger partial charge in [0, 0.05) is 24.7 Å². The van der Waals surface area contributed by atoms with E-state index in [9.17, 15) is 8.42 Å². The summed E-state index contributed by atoms with van der Waals surface area (Å²) in [5.41, 5.74) is 4.81. The molecular weight excluding hydrogens is 380 g/mol. The topological polar surface area (TPSA) is 49.4 Å². The summed E-state index contributed by atoms with van der Waals surface area (Å²) in [7, 11) is -3.42. The molecule has 1 fully saturated rings. The van der Waals surface area contributed by atoms with E-state index in [0.29, 0.717) is 23.9 Å². The molecule has 2 heterocycles. The van der Waals surface area contributed by atoms with Crippen LogP contribution in [0.25, 0.3) is 0 Å². The Morgan fingerprint density at radius 1 is 1.00 bits per heavy atom. The fraction of sp³-hybridized carbons (Fsp3) is 0.417. The molecule has 3 atom stereocenters. The normalized spacial score (nSPS) is 26.6. The molecule has 1 saturated heterocycles. The summed E-state index contributed by atoms with van der Waals surface area (Å²) in [5, 5.41) is 3.74. The lowest BCUT2D eigenvalue weighted by Crippen LogP contribution is -2.36. The zero-order valence-electron chi connectivity index (χ0n) is 16.8. The molecule has 0 amide bonds. The minimum atomic E-state index is -3.42. The zero-order valence-corrected chi connectivity index (χ0v) is 17.7. The highest BCUT2D eigenvalue weighted by atomic mass is 32.2. The second-order valence-electron chi connectivity index (χ2n) is 8.55. The molecular formula is C24H28N2O2S. The van der Waals surface area contributed by atoms with Crippen LogP contribution in [0.4, 0.5) is 5.69 Å². The van der Waals surface area contributed by atoms with E-state index in [2.05, 4.69) is 48.7 Å². The molecule has 3 unspecified atom stereocenters. The molecule has 0 saturated carbocycles. The highest BCUT2D eigenvalue weighted by Gasteiger charge is 2.39. The van der Waals surface area contributed by atoms with Crippen LogP contribution >= 0.6 is 0 Å². The third kappa shape index (κ3) is 3.21. The van der Waals surface area contributed by atoms with Crippen LogP contribution in [0, 0.1) is 12.8 Å². The summed E-state index contributed by atoms with van der Waals surface area (Å²) >= 11 is 0. The van der Waals surface area contributed by atoms with Crippen molar-refractivity contribution >= 4 is 15.7 Å². The number of anilines is 1. The van der Waals surface area contributed by atoms with Crippen molar-refractivity contribution in [2.45, 2.75) is 49.5 Å². The molecule has 0 aromatic heterocycles. The molecule has 1 N–H and O–H groups in total. The molecule has 3 aliphatic rings. The van der Waals surface area contributed by atoms with Gasteiger partial charge in [0.05, 0.1) is 10.9 Å². The quantitative estimate of drug-likeness (QED) is 0.728. The standard InChI is InChI=1S/C24H28N2O2S/c1-17-8-3-4-9-19(17)24-21-11-7-10-20(21)22-16-18(12-13-23(22)25-24)29(27,28)26-14-5-2-6-15-26/h3-4,7-10,12-13,16,20-21,24-25H,2,5-6,11,14-15H2,1H3. The van der Waals surface area contributed by atoms with Gasteiger partial charge in [-0.2, -0.15) is 4.31 Å². The van der Waals surface area contributed by atoms with Gasteiger partial charge >= 0.3 is 0 Å². The van der Waals surface area contributed by atoms with E-state index >= 15 is 0 Å². The number of rotatable bonds is 3. The second-order valence-corrected chi connectivity index (χ2v) is 10.5. The number of hydrogen-bond acceptors (Lipinski definition) is 3. The van der Waals surface area contributed by atoms with Gasteiger partial charge in [-0.1, -0.05) is 42.8 Å². The predicted molar refractivity (Wildman–Crippen MR) is 117 cm³/mol. The van der Waals surface area contributed by atoms with Gasteiger partial charge in [-0.25, -0.2) is 8.42 Å². The zero-order chi connectivity index (χ0) is 20.0. The van der Waals surface area contributed by atoms with Crippen molar-refractivity contribution in [3.05, 3.63) is 71.3 Å². The third-order valence-corrected chi connectivity index (χ3v) is 8.71. The van der Waals surface area contributed by atoms with Crippen LogP contribution in [0.15, 0.2) is 59.5 Å². The lowest BCUT2D eigenvalue weighted by Gasteiger charge is -2.38. The maximum atomic E-state index is 13.2. The van der Waals surface area contributed by atoms with E-state index in [1.165, 1.54) is 11.1 Å². The van der Waals surface area contributed by atoms with Crippen LogP contribution in [0.1, 0.15) is 54.3 Å². The van der Waals surface area contributed by atoms with E-state index in [-0.39, 0.29) is 12.0 Å². The minimum Gasteiger partial charge on any atom is -0.378 e. The van der Waals surface area contributed by atoms with Gasteiger partial charge < -0.3 is 5.32 Å². The highest BCUT2D eigenvalue weighted by Crippen LogP contribution is 2.50. The summed E-state index contributed by atoms with van der Waals surface area (Å²) in [6.45, 7) is 3.44. The maximum Gasteiger partial charge on any atom is 0.243 e. The number of benzene rings is 2. The fourth-order valence-electron chi connectivity index (χ4n) is 5.23. The Morgan fingerprint density at radius 2 is 1.79 bits per heavy atom. The van der Waals surface area contributed by atoms with E-state index in [1.807, 2.05) is 12.1 Å². The number of sulfonamides is 1. The number of allylic oxidation sites excluding steroid dienone is 2. The maximum absolute atomic E-state index is 13.2. The Labute approximate surface area is 173 Å². The lowest BCUT2D eigenvalue weighted by molar-refractivity contribution is 0.346. The van der Waals surface area contributed by atoms with Gasteiger partial charge in [0.1, 0.15) is 0 Å². The number of fused-ring (bicyclic) bond motifs is 3. The lowest BCUT2D eigenvalue weighted by atomic mass is 9.76. The second kappa shape index (κ2) is 7.29. The predicted octanol–water partition coefficient (Wildman–Crippen LogP) is 5.00. The van der Waals surface area contributed by atoms with E-state index in [1.54, 1.807) is 10.4 Å². The van der Waals surface area contributed by atoms with Crippen LogP contribution in [-0.4, -0.2) is 25.8 Å². The van der Waals surface area contributed by atoms with Gasteiger partial charge in [-0.15, -0.1) is 0 Å². The molecule has 2 aromatic rings. The van der Waals surface area contributed by atoms with Gasteiger partial charge in [0.15, 0.2) is 0 Å². The molecule has 4 nitrogen and oxygen atoms in total. The van der Waals surface area contributed by atoms with Gasteiger partial charge in [0.2, 0.25) is 10.0 Å². The first-order valence-corrected chi connectivity index (χ1v) is 12.1. The van der Waals surface area contributed by atoms with Crippen molar-refractivity contribution in [1.82, 2.24) is 4.31 Å². The number of hydrogen-bond donors (Lipinski definition) is 1. The Morgan fingerprint density at radius 3 is 2.59 bits per heavy atom. The van der Waals surface area contributed by atoms with Crippen LogP contribution < -0.4 is 5.32 Å². The number of nitrogens with one attached hydrogen (secondary N) is 1. The first-order chi connectivity index (χ1) is 14.1. The molecule has 2 aromatic carbocycles. The van der Waals surface area contributed by atoms with Crippen LogP contribution in [0.3, 0.4) is 0 Å². The van der Waals surface area contributed by atoms with E-state index in [0.717, 1.165) is 36.9 Å². The smallest absolute Gasteiger partial charge is 0.243 e. The van der Waals surface area contributed by atoms with Crippen LogP contribution in [-0.2, 0) is 10.0 Å². The van der Waals surface area contributed by atoms with E-state index < -0.39 is 10.0 Å². The van der Waals surface area contributed by atoms with Crippen molar-refractivity contribution < 1.29 is 8.42 Å². The monoisotopic (exact) mass is 408 g/mol. The molecule has 0 bridgehead atoms. The molecule has 152 valence electrons. The minimum absolute atomic E-state index is 0.244. The Hall–Kier alpha value is -2.11.